The van der Waals surface area contributed by atoms with Gasteiger partial charge in [-0.2, -0.15) is 0 Å². The molecule has 7 aromatic rings. The average molecular weight is 551 g/mol. The lowest BCUT2D eigenvalue weighted by Gasteiger charge is -2.14. The van der Waals surface area contributed by atoms with E-state index in [-0.39, 0.29) is 11.1 Å². The lowest BCUT2D eigenvalue weighted by molar-refractivity contribution is 0.580. The topological polar surface area (TPSA) is 0 Å². The molecule has 0 aliphatic heterocycles. The van der Waals surface area contributed by atoms with Gasteiger partial charge in [0, 0.05) is 23.3 Å². The van der Waals surface area contributed by atoms with Crippen LogP contribution in [0.15, 0.2) is 109 Å². The van der Waals surface area contributed by atoms with Crippen molar-refractivity contribution in [1.29, 1.82) is 0 Å². The van der Waals surface area contributed by atoms with E-state index in [1.165, 1.54) is 24.3 Å². The van der Waals surface area contributed by atoms with Gasteiger partial charge in [0.25, 0.3) is 0 Å². The number of rotatable bonds is 0. The van der Waals surface area contributed by atoms with E-state index in [0.717, 1.165) is 55.2 Å². The number of hydrogen-bond donors (Lipinski definition) is 0. The first-order valence-electron chi connectivity index (χ1n) is 13.2. The first-order chi connectivity index (χ1) is 20.4. The number of fused-ring (bicyclic) bond motifs is 4. The predicted octanol–water partition coefficient (Wildman–Crippen LogP) is 9.66. The van der Waals surface area contributed by atoms with E-state index >= 15 is 0 Å². The van der Waals surface area contributed by atoms with Crippen molar-refractivity contribution in [3.8, 4) is 23.7 Å². The Morgan fingerprint density at radius 2 is 0.690 bits per heavy atom. The maximum absolute atomic E-state index is 14.6. The lowest BCUT2D eigenvalue weighted by Crippen LogP contribution is -1.93. The van der Waals surface area contributed by atoms with Gasteiger partial charge in [-0.05, 0) is 91.6 Å². The molecule has 4 heteroatoms. The summed E-state index contributed by atoms with van der Waals surface area (Å²) in [6.45, 7) is 0. The van der Waals surface area contributed by atoms with Crippen LogP contribution >= 0.6 is 0 Å². The minimum Gasteiger partial charge on any atom is -0.207 e. The molecule has 0 spiro atoms. The molecule has 198 valence electrons. The fourth-order valence-corrected chi connectivity index (χ4v) is 5.31. The lowest BCUT2D eigenvalue weighted by atomic mass is 9.88. The van der Waals surface area contributed by atoms with Crippen molar-refractivity contribution >= 4 is 43.1 Å². The summed E-state index contributed by atoms with van der Waals surface area (Å²) in [5.74, 6) is 9.38. The summed E-state index contributed by atoms with van der Waals surface area (Å²) in [4.78, 5) is 0. The third-order valence-electron chi connectivity index (χ3n) is 7.36. The zero-order valence-corrected chi connectivity index (χ0v) is 21.9. The van der Waals surface area contributed by atoms with Crippen molar-refractivity contribution in [3.63, 3.8) is 0 Å². The van der Waals surface area contributed by atoms with Crippen molar-refractivity contribution in [2.45, 2.75) is 0 Å². The molecule has 7 aromatic carbocycles. The van der Waals surface area contributed by atoms with Crippen LogP contribution in [0.5, 0.6) is 0 Å². The summed E-state index contributed by atoms with van der Waals surface area (Å²) in [6, 6.07) is 30.5. The molecule has 0 saturated carbocycles. The highest BCUT2D eigenvalue weighted by atomic mass is 19.1. The fourth-order valence-electron chi connectivity index (χ4n) is 5.31. The quantitative estimate of drug-likeness (QED) is 0.100. The van der Waals surface area contributed by atoms with Crippen LogP contribution in [-0.2, 0) is 0 Å². The van der Waals surface area contributed by atoms with E-state index in [1.54, 1.807) is 0 Å². The summed E-state index contributed by atoms with van der Waals surface area (Å²) in [5, 5.41) is 7.06. The average Bonchev–Trinajstić information content (AvgIpc) is 2.99. The molecule has 0 radical (unpaired) electrons. The summed E-state index contributed by atoms with van der Waals surface area (Å²) >= 11 is 0. The monoisotopic (exact) mass is 550 g/mol. The summed E-state index contributed by atoms with van der Waals surface area (Å²) < 4.78 is 56.3. The number of hydrogen-bond acceptors (Lipinski definition) is 0. The Hall–Kier alpha value is -5.58. The molecule has 0 N–H and O–H groups in total. The van der Waals surface area contributed by atoms with Gasteiger partial charge in [-0.1, -0.05) is 72.2 Å². The van der Waals surface area contributed by atoms with E-state index in [4.69, 9.17) is 0 Å². The van der Waals surface area contributed by atoms with E-state index < -0.39 is 23.3 Å². The highest BCUT2D eigenvalue weighted by Crippen LogP contribution is 2.37. The van der Waals surface area contributed by atoms with Crippen molar-refractivity contribution in [3.05, 3.63) is 155 Å². The molecule has 0 bridgehead atoms. The van der Waals surface area contributed by atoms with Gasteiger partial charge in [-0.3, -0.25) is 0 Å². The third kappa shape index (κ3) is 4.50. The Labute approximate surface area is 238 Å². The Morgan fingerprint density at radius 1 is 0.357 bits per heavy atom. The van der Waals surface area contributed by atoms with Crippen LogP contribution in [0.2, 0.25) is 0 Å². The van der Waals surface area contributed by atoms with Gasteiger partial charge < -0.3 is 0 Å². The highest BCUT2D eigenvalue weighted by molar-refractivity contribution is 6.16. The second-order valence-corrected chi connectivity index (χ2v) is 9.99. The number of benzene rings is 7. The van der Waals surface area contributed by atoms with Gasteiger partial charge in [0.1, 0.15) is 23.3 Å². The molecule has 0 amide bonds. The third-order valence-corrected chi connectivity index (χ3v) is 7.36. The van der Waals surface area contributed by atoms with Crippen LogP contribution in [0.1, 0.15) is 22.3 Å². The van der Waals surface area contributed by atoms with Gasteiger partial charge in [-0.15, -0.1) is 0 Å². The van der Waals surface area contributed by atoms with E-state index in [1.807, 2.05) is 72.8 Å². The van der Waals surface area contributed by atoms with Crippen LogP contribution in [-0.4, -0.2) is 0 Å². The van der Waals surface area contributed by atoms with E-state index in [9.17, 15) is 17.6 Å². The Balaban J connectivity index is 1.62. The van der Waals surface area contributed by atoms with Crippen LogP contribution in [0.25, 0.3) is 43.1 Å². The molecule has 0 aromatic heterocycles. The molecule has 0 saturated heterocycles. The Morgan fingerprint density at radius 3 is 1.00 bits per heavy atom. The molecule has 0 atom stereocenters. The maximum atomic E-state index is 14.6. The fraction of sp³-hybridized carbons (Fsp3) is 0. The molecule has 0 unspecified atom stereocenters. The second-order valence-electron chi connectivity index (χ2n) is 9.99. The predicted molar refractivity (Wildman–Crippen MR) is 161 cm³/mol. The Kier molecular flexibility index (Phi) is 6.11. The minimum absolute atomic E-state index is 0.0786. The van der Waals surface area contributed by atoms with Crippen molar-refractivity contribution in [2.75, 3.05) is 0 Å². The highest BCUT2D eigenvalue weighted by Gasteiger charge is 2.15. The van der Waals surface area contributed by atoms with Crippen LogP contribution < -0.4 is 0 Å². The Bertz CT molecular complexity index is 2100. The van der Waals surface area contributed by atoms with Gasteiger partial charge >= 0.3 is 0 Å². The summed E-state index contributed by atoms with van der Waals surface area (Å²) in [7, 11) is 0. The molecular formula is C38H18F4. The van der Waals surface area contributed by atoms with Gasteiger partial charge in [-0.25, -0.2) is 17.6 Å². The zero-order chi connectivity index (χ0) is 28.8. The normalized spacial score (nSPS) is 11.0. The summed E-state index contributed by atoms with van der Waals surface area (Å²) in [6.07, 6.45) is 0. The first kappa shape index (κ1) is 25.4. The molecule has 0 fully saturated rings. The van der Waals surface area contributed by atoms with Crippen LogP contribution in [0, 0.1) is 47.0 Å². The first-order valence-corrected chi connectivity index (χ1v) is 13.2. The van der Waals surface area contributed by atoms with E-state index in [0.29, 0.717) is 11.1 Å². The summed E-state index contributed by atoms with van der Waals surface area (Å²) in [5.41, 5.74) is 1.49. The molecule has 7 rings (SSSR count). The second kappa shape index (κ2) is 10.1. The largest absolute Gasteiger partial charge is 0.207 e. The van der Waals surface area contributed by atoms with Crippen molar-refractivity contribution in [1.82, 2.24) is 0 Å². The minimum atomic E-state index is -0.740. The van der Waals surface area contributed by atoms with Crippen molar-refractivity contribution in [2.24, 2.45) is 0 Å². The molecule has 42 heavy (non-hydrogen) atoms. The maximum Gasteiger partial charge on any atom is 0.141 e. The molecular weight excluding hydrogens is 532 g/mol. The number of halogens is 4. The SMILES string of the molecule is Fc1ccc(C#Cc2c3cc4ccccc4cc3c(C#Cc3ccc(F)cc3F)c3cc4ccccc4cc23)c(F)c1. The smallest absolute Gasteiger partial charge is 0.141 e. The zero-order valence-electron chi connectivity index (χ0n) is 21.9. The standard InChI is InChI=1S/C38H18F4/c39-29-13-9-23(37(41)21-29)11-15-31-33-17-25-5-1-2-6-26(25)18-34(33)32(16-12-24-10-14-30(40)22-38(24)42)36-20-28-8-4-3-7-27(28)19-35(31)36/h1-10,13-14,17-22H. The van der Waals surface area contributed by atoms with Gasteiger partial charge in [0.2, 0.25) is 0 Å². The van der Waals surface area contributed by atoms with Gasteiger partial charge in [0.05, 0.1) is 11.1 Å². The molecule has 0 aliphatic rings. The van der Waals surface area contributed by atoms with E-state index in [2.05, 4.69) is 23.7 Å². The van der Waals surface area contributed by atoms with Crippen molar-refractivity contribution < 1.29 is 17.6 Å². The van der Waals surface area contributed by atoms with Crippen LogP contribution in [0.3, 0.4) is 0 Å². The molecule has 0 aliphatic carbocycles. The molecule has 0 heterocycles. The molecule has 0 nitrogen and oxygen atoms in total. The van der Waals surface area contributed by atoms with Gasteiger partial charge in [0.15, 0.2) is 0 Å². The van der Waals surface area contributed by atoms with Crippen LogP contribution in [0.4, 0.5) is 17.6 Å².